The highest BCUT2D eigenvalue weighted by atomic mass is 16.5. The highest BCUT2D eigenvalue weighted by Gasteiger charge is 2.25. The van der Waals surface area contributed by atoms with Crippen molar-refractivity contribution in [2.24, 2.45) is 13.0 Å². The molecule has 1 aliphatic heterocycles. The first-order valence-electron chi connectivity index (χ1n) is 7.99. The van der Waals surface area contributed by atoms with Gasteiger partial charge in [0, 0.05) is 43.8 Å². The molecule has 0 bridgehead atoms. The summed E-state index contributed by atoms with van der Waals surface area (Å²) in [5.41, 5.74) is 1.79. The number of benzene rings is 1. The van der Waals surface area contributed by atoms with Crippen molar-refractivity contribution in [2.45, 2.75) is 19.3 Å². The number of amides is 1. The van der Waals surface area contributed by atoms with Crippen molar-refractivity contribution in [3.8, 4) is 0 Å². The molecule has 23 heavy (non-hydrogen) atoms. The summed E-state index contributed by atoms with van der Waals surface area (Å²) in [6.45, 7) is 1.40. The van der Waals surface area contributed by atoms with E-state index in [0.29, 0.717) is 25.4 Å². The molecule has 0 atom stereocenters. The van der Waals surface area contributed by atoms with E-state index in [2.05, 4.69) is 0 Å². The Kier molecular flexibility index (Phi) is 4.37. The molecule has 0 N–H and O–H groups in total. The van der Waals surface area contributed by atoms with Crippen LogP contribution >= 0.6 is 0 Å². The standard InChI is InChI=1S/C18H22N2O3/c1-19-8-7-14-3-4-15(12-16(14)19)18(22)20-9-5-13(6-10-20)11-17(21)23-2/h3-4,7-8,12-13H,5-6,9-11H2,1-2H3. The molecule has 1 amide bonds. The summed E-state index contributed by atoms with van der Waals surface area (Å²) >= 11 is 0. The Morgan fingerprint density at radius 2 is 1.96 bits per heavy atom. The molecule has 1 fully saturated rings. The number of carbonyl (C=O) groups is 2. The Bertz CT molecular complexity index is 727. The predicted molar refractivity (Wildman–Crippen MR) is 88.2 cm³/mol. The Balaban J connectivity index is 1.66. The second-order valence-corrected chi connectivity index (χ2v) is 6.22. The number of nitrogens with zero attached hydrogens (tertiary/aromatic N) is 2. The number of rotatable bonds is 3. The van der Waals surface area contributed by atoms with Gasteiger partial charge < -0.3 is 14.2 Å². The highest BCUT2D eigenvalue weighted by Crippen LogP contribution is 2.23. The van der Waals surface area contributed by atoms with E-state index < -0.39 is 0 Å². The van der Waals surface area contributed by atoms with Crippen molar-refractivity contribution in [1.29, 1.82) is 0 Å². The first kappa shape index (κ1) is 15.6. The second-order valence-electron chi connectivity index (χ2n) is 6.22. The van der Waals surface area contributed by atoms with Gasteiger partial charge in [-0.05, 0) is 42.3 Å². The van der Waals surface area contributed by atoms with Gasteiger partial charge in [-0.15, -0.1) is 0 Å². The third-order valence-corrected chi connectivity index (χ3v) is 4.72. The molecule has 0 aliphatic carbocycles. The lowest BCUT2D eigenvalue weighted by Crippen LogP contribution is -2.39. The van der Waals surface area contributed by atoms with Crippen LogP contribution in [0.3, 0.4) is 0 Å². The molecular weight excluding hydrogens is 292 g/mol. The summed E-state index contributed by atoms with van der Waals surface area (Å²) in [6, 6.07) is 7.89. The molecule has 5 heteroatoms. The van der Waals surface area contributed by atoms with Gasteiger partial charge in [0.25, 0.3) is 5.91 Å². The fourth-order valence-electron chi connectivity index (χ4n) is 3.24. The van der Waals surface area contributed by atoms with E-state index in [1.165, 1.54) is 7.11 Å². The van der Waals surface area contributed by atoms with E-state index in [1.807, 2.05) is 47.0 Å². The average molecular weight is 314 g/mol. The molecule has 0 radical (unpaired) electrons. The van der Waals surface area contributed by atoms with E-state index >= 15 is 0 Å². The van der Waals surface area contributed by atoms with Crippen LogP contribution in [0.1, 0.15) is 29.6 Å². The zero-order chi connectivity index (χ0) is 16.4. The van der Waals surface area contributed by atoms with Gasteiger partial charge >= 0.3 is 5.97 Å². The van der Waals surface area contributed by atoms with E-state index in [4.69, 9.17) is 4.74 Å². The minimum Gasteiger partial charge on any atom is -0.469 e. The molecule has 2 heterocycles. The van der Waals surface area contributed by atoms with Crippen LogP contribution in [0.25, 0.3) is 10.9 Å². The zero-order valence-corrected chi connectivity index (χ0v) is 13.6. The molecule has 1 aromatic carbocycles. The van der Waals surface area contributed by atoms with Crippen LogP contribution in [0.5, 0.6) is 0 Å². The first-order chi connectivity index (χ1) is 11.1. The Hall–Kier alpha value is -2.30. The lowest BCUT2D eigenvalue weighted by molar-refractivity contribution is -0.142. The Morgan fingerprint density at radius 1 is 1.22 bits per heavy atom. The quantitative estimate of drug-likeness (QED) is 0.818. The van der Waals surface area contributed by atoms with Gasteiger partial charge in [-0.1, -0.05) is 6.07 Å². The van der Waals surface area contributed by atoms with Crippen LogP contribution in [0.15, 0.2) is 30.5 Å². The smallest absolute Gasteiger partial charge is 0.305 e. The summed E-state index contributed by atoms with van der Waals surface area (Å²) in [7, 11) is 3.40. The van der Waals surface area contributed by atoms with Crippen LogP contribution < -0.4 is 0 Å². The van der Waals surface area contributed by atoms with Crippen molar-refractivity contribution < 1.29 is 14.3 Å². The Labute approximate surface area is 135 Å². The van der Waals surface area contributed by atoms with Crippen LogP contribution in [0.4, 0.5) is 0 Å². The van der Waals surface area contributed by atoms with Crippen LogP contribution in [0.2, 0.25) is 0 Å². The highest BCUT2D eigenvalue weighted by molar-refractivity contribution is 5.98. The van der Waals surface area contributed by atoms with Gasteiger partial charge in [0.1, 0.15) is 0 Å². The summed E-state index contributed by atoms with van der Waals surface area (Å²) in [4.78, 5) is 25.9. The van der Waals surface area contributed by atoms with Crippen LogP contribution in [-0.4, -0.2) is 41.5 Å². The van der Waals surface area contributed by atoms with Gasteiger partial charge in [-0.3, -0.25) is 9.59 Å². The zero-order valence-electron chi connectivity index (χ0n) is 13.6. The first-order valence-corrected chi connectivity index (χ1v) is 7.99. The molecular formula is C18H22N2O3. The van der Waals surface area contributed by atoms with Crippen molar-refractivity contribution in [1.82, 2.24) is 9.47 Å². The third kappa shape index (κ3) is 3.23. The molecule has 1 aromatic heterocycles. The summed E-state index contributed by atoms with van der Waals surface area (Å²) in [5, 5.41) is 1.14. The normalized spacial score (nSPS) is 15.8. The number of methoxy groups -OCH3 is 1. The summed E-state index contributed by atoms with van der Waals surface area (Å²) in [5.74, 6) is 0.232. The molecule has 3 rings (SSSR count). The molecule has 0 unspecified atom stereocenters. The molecule has 1 aliphatic rings. The van der Waals surface area contributed by atoms with Gasteiger partial charge in [0.05, 0.1) is 7.11 Å². The SMILES string of the molecule is COC(=O)CC1CCN(C(=O)c2ccc3ccn(C)c3c2)CC1. The number of aryl methyl sites for hydroxylation is 1. The van der Waals surface area contributed by atoms with Crippen molar-refractivity contribution in [3.63, 3.8) is 0 Å². The van der Waals surface area contributed by atoms with Crippen molar-refractivity contribution in [3.05, 3.63) is 36.0 Å². The average Bonchev–Trinajstić information content (AvgIpc) is 2.95. The maximum Gasteiger partial charge on any atom is 0.305 e. The van der Waals surface area contributed by atoms with Crippen molar-refractivity contribution >= 4 is 22.8 Å². The van der Waals surface area contributed by atoms with Crippen molar-refractivity contribution in [2.75, 3.05) is 20.2 Å². The molecule has 0 spiro atoms. The minimum atomic E-state index is -0.163. The number of hydrogen-bond acceptors (Lipinski definition) is 3. The predicted octanol–water partition coefficient (Wildman–Crippen LogP) is 2.59. The molecule has 0 saturated carbocycles. The number of fused-ring (bicyclic) bond motifs is 1. The van der Waals surface area contributed by atoms with Crippen LogP contribution in [-0.2, 0) is 16.6 Å². The number of carbonyl (C=O) groups excluding carboxylic acids is 2. The molecule has 5 nitrogen and oxygen atoms in total. The van der Waals surface area contributed by atoms with E-state index in [-0.39, 0.29) is 11.9 Å². The number of ether oxygens (including phenoxy) is 1. The lowest BCUT2D eigenvalue weighted by Gasteiger charge is -2.31. The minimum absolute atomic E-state index is 0.0737. The largest absolute Gasteiger partial charge is 0.469 e. The summed E-state index contributed by atoms with van der Waals surface area (Å²) in [6.07, 6.45) is 4.16. The second kappa shape index (κ2) is 6.44. The van der Waals surface area contributed by atoms with Crippen LogP contribution in [0, 0.1) is 5.92 Å². The molecule has 1 saturated heterocycles. The fourth-order valence-corrected chi connectivity index (χ4v) is 3.24. The number of likely N-dealkylation sites (tertiary alicyclic amines) is 1. The number of esters is 1. The topological polar surface area (TPSA) is 51.5 Å². The van der Waals surface area contributed by atoms with E-state index in [9.17, 15) is 9.59 Å². The monoisotopic (exact) mass is 314 g/mol. The Morgan fingerprint density at radius 3 is 2.65 bits per heavy atom. The number of aromatic nitrogens is 1. The van der Waals surface area contributed by atoms with Gasteiger partial charge in [0.15, 0.2) is 0 Å². The fraction of sp³-hybridized carbons (Fsp3) is 0.444. The third-order valence-electron chi connectivity index (χ3n) is 4.72. The van der Waals surface area contributed by atoms with Gasteiger partial charge in [-0.25, -0.2) is 0 Å². The summed E-state index contributed by atoms with van der Waals surface area (Å²) < 4.78 is 6.74. The number of piperidine rings is 1. The maximum atomic E-state index is 12.7. The molecule has 122 valence electrons. The maximum absolute atomic E-state index is 12.7. The van der Waals surface area contributed by atoms with Gasteiger partial charge in [-0.2, -0.15) is 0 Å². The molecule has 2 aromatic rings. The van der Waals surface area contributed by atoms with E-state index in [1.54, 1.807) is 0 Å². The lowest BCUT2D eigenvalue weighted by atomic mass is 9.93. The van der Waals surface area contributed by atoms with Gasteiger partial charge in [0.2, 0.25) is 0 Å². The number of hydrogen-bond donors (Lipinski definition) is 0. The van der Waals surface area contributed by atoms with E-state index in [0.717, 1.165) is 29.3 Å².